The highest BCUT2D eigenvalue weighted by Gasteiger charge is 2.48. The molecule has 232 valence electrons. The summed E-state index contributed by atoms with van der Waals surface area (Å²) in [6, 6.07) is 8.23. The summed E-state index contributed by atoms with van der Waals surface area (Å²) in [6.45, 7) is 1.77. The van der Waals surface area contributed by atoms with Crippen LogP contribution in [0.4, 0.5) is 4.39 Å². The molecule has 0 spiro atoms. The number of aliphatic carboxylic acids is 2. The summed E-state index contributed by atoms with van der Waals surface area (Å²) in [7, 11) is 2.88. The van der Waals surface area contributed by atoms with Gasteiger partial charge in [-0.25, -0.2) is 4.39 Å². The summed E-state index contributed by atoms with van der Waals surface area (Å²) in [5, 5.41) is 19.2. The van der Waals surface area contributed by atoms with Crippen molar-refractivity contribution < 1.29 is 52.7 Å². The van der Waals surface area contributed by atoms with E-state index in [2.05, 4.69) is 0 Å². The first-order chi connectivity index (χ1) is 21.0. The fraction of sp³-hybridized carbons (Fsp3) is 0.355. The molecule has 2 aromatic carbocycles. The predicted molar refractivity (Wildman–Crippen MR) is 162 cm³/mol. The molecular weight excluding hydrogens is 615 g/mol. The number of thiophene rings is 2. The molecule has 0 saturated heterocycles. The van der Waals surface area contributed by atoms with Crippen LogP contribution in [0.15, 0.2) is 30.3 Å². The third-order valence-corrected chi connectivity index (χ3v) is 9.61. The zero-order valence-corrected chi connectivity index (χ0v) is 25.6. The second-order valence-electron chi connectivity index (χ2n) is 10.5. The van der Waals surface area contributed by atoms with Crippen LogP contribution >= 0.6 is 22.7 Å². The van der Waals surface area contributed by atoms with E-state index in [0.29, 0.717) is 32.4 Å². The van der Waals surface area contributed by atoms with Crippen molar-refractivity contribution in [2.45, 2.75) is 26.2 Å². The molecule has 2 heterocycles. The number of carboxylic acids is 2. The molecule has 1 aliphatic rings. The zero-order valence-electron chi connectivity index (χ0n) is 24.0. The lowest BCUT2D eigenvalue weighted by Gasteiger charge is -2.13. The molecular formula is C31H29FO10S2. The van der Waals surface area contributed by atoms with Crippen LogP contribution in [0.2, 0.25) is 0 Å². The van der Waals surface area contributed by atoms with Gasteiger partial charge in [-0.1, -0.05) is 6.92 Å². The molecule has 44 heavy (non-hydrogen) atoms. The number of rotatable bonds is 15. The Bertz CT molecular complexity index is 1770. The minimum Gasteiger partial charge on any atom is -0.493 e. The van der Waals surface area contributed by atoms with E-state index in [1.807, 2.05) is 0 Å². The number of ether oxygens (including phenoxy) is 4. The maximum absolute atomic E-state index is 15.5. The highest BCUT2D eigenvalue weighted by atomic mass is 32.1. The van der Waals surface area contributed by atoms with E-state index in [1.165, 1.54) is 38.5 Å². The first-order valence-corrected chi connectivity index (χ1v) is 15.4. The van der Waals surface area contributed by atoms with E-state index in [0.717, 1.165) is 21.4 Å². The van der Waals surface area contributed by atoms with E-state index < -0.39 is 35.5 Å². The molecule has 2 N–H and O–H groups in total. The maximum Gasteiger partial charge on any atom is 0.307 e. The second kappa shape index (κ2) is 12.8. The van der Waals surface area contributed by atoms with Gasteiger partial charge in [0.05, 0.1) is 49.0 Å². The van der Waals surface area contributed by atoms with E-state index in [4.69, 9.17) is 29.2 Å². The van der Waals surface area contributed by atoms with Gasteiger partial charge in [0.15, 0.2) is 40.4 Å². The van der Waals surface area contributed by atoms with Crippen molar-refractivity contribution in [1.82, 2.24) is 0 Å². The van der Waals surface area contributed by atoms with Crippen molar-refractivity contribution in [3.05, 3.63) is 45.9 Å². The van der Waals surface area contributed by atoms with E-state index in [-0.39, 0.29) is 54.5 Å². The summed E-state index contributed by atoms with van der Waals surface area (Å²) in [4.78, 5) is 48.3. The van der Waals surface area contributed by atoms with E-state index in [1.54, 1.807) is 24.3 Å². The first-order valence-electron chi connectivity index (χ1n) is 13.7. The lowest BCUT2D eigenvalue weighted by Crippen LogP contribution is -2.13. The van der Waals surface area contributed by atoms with E-state index in [9.17, 15) is 19.2 Å². The SMILES string of the molecule is COc1cc2sc(C(=O)CC(C)C(=O)O)cc2cc1OCCCOc1c(OC)cc2sc(C(=O)[C@@H]3C[C@H]3C(=O)O)cc2c1F. The fourth-order valence-corrected chi connectivity index (χ4v) is 6.90. The second-order valence-corrected chi connectivity index (χ2v) is 12.6. The van der Waals surface area contributed by atoms with Gasteiger partial charge in [0.2, 0.25) is 0 Å². The summed E-state index contributed by atoms with van der Waals surface area (Å²) in [5.74, 6) is -4.36. The monoisotopic (exact) mass is 644 g/mol. The van der Waals surface area contributed by atoms with Crippen LogP contribution in [0.25, 0.3) is 20.2 Å². The number of hydrogen-bond acceptors (Lipinski definition) is 10. The molecule has 1 fully saturated rings. The van der Waals surface area contributed by atoms with Crippen molar-refractivity contribution >= 4 is 66.4 Å². The molecule has 2 aromatic heterocycles. The molecule has 1 unspecified atom stereocenters. The zero-order chi connectivity index (χ0) is 31.7. The molecule has 1 saturated carbocycles. The molecule has 0 radical (unpaired) electrons. The smallest absolute Gasteiger partial charge is 0.307 e. The van der Waals surface area contributed by atoms with Crippen molar-refractivity contribution in [2.75, 3.05) is 27.4 Å². The Morgan fingerprint density at radius 3 is 2.23 bits per heavy atom. The van der Waals surface area contributed by atoms with Crippen molar-refractivity contribution in [1.29, 1.82) is 0 Å². The van der Waals surface area contributed by atoms with Gasteiger partial charge in [0.1, 0.15) is 0 Å². The predicted octanol–water partition coefficient (Wildman–Crippen LogP) is 6.32. The number of methoxy groups -OCH3 is 2. The molecule has 1 aliphatic carbocycles. The number of benzene rings is 2. The van der Waals surface area contributed by atoms with Gasteiger partial charge in [0, 0.05) is 45.7 Å². The number of hydrogen-bond donors (Lipinski definition) is 2. The molecule has 5 rings (SSSR count). The van der Waals surface area contributed by atoms with Crippen LogP contribution in [0.5, 0.6) is 23.0 Å². The van der Waals surface area contributed by atoms with Gasteiger partial charge in [-0.05, 0) is 30.0 Å². The number of carbonyl (C=O) groups is 4. The summed E-state index contributed by atoms with van der Waals surface area (Å²) in [5.41, 5.74) is 0. The van der Waals surface area contributed by atoms with Crippen LogP contribution in [-0.2, 0) is 9.59 Å². The number of ketones is 2. The fourth-order valence-electron chi connectivity index (χ4n) is 4.79. The Hall–Kier alpha value is -4.23. The number of carbonyl (C=O) groups excluding carboxylic acids is 2. The first kappa shape index (κ1) is 31.2. The Balaban J connectivity index is 1.23. The van der Waals surface area contributed by atoms with Crippen LogP contribution in [-0.4, -0.2) is 61.2 Å². The van der Waals surface area contributed by atoms with Crippen LogP contribution in [0.1, 0.15) is 45.5 Å². The van der Waals surface area contributed by atoms with Crippen LogP contribution in [0.3, 0.4) is 0 Å². The minimum atomic E-state index is -1.03. The molecule has 10 nitrogen and oxygen atoms in total. The highest BCUT2D eigenvalue weighted by Crippen LogP contribution is 2.45. The Morgan fingerprint density at radius 2 is 1.57 bits per heavy atom. The van der Waals surface area contributed by atoms with Gasteiger partial charge in [-0.2, -0.15) is 0 Å². The molecule has 13 heteroatoms. The molecule has 3 atom stereocenters. The van der Waals surface area contributed by atoms with Crippen LogP contribution < -0.4 is 18.9 Å². The number of fused-ring (bicyclic) bond motifs is 2. The lowest BCUT2D eigenvalue weighted by atomic mass is 10.0. The Kier molecular flexibility index (Phi) is 9.07. The summed E-state index contributed by atoms with van der Waals surface area (Å²) >= 11 is 2.34. The third-order valence-electron chi connectivity index (χ3n) is 7.37. The molecule has 0 amide bonds. The van der Waals surface area contributed by atoms with Gasteiger partial charge in [0.25, 0.3) is 0 Å². The van der Waals surface area contributed by atoms with Crippen molar-refractivity contribution in [2.24, 2.45) is 17.8 Å². The minimum absolute atomic E-state index is 0.0838. The average Bonchev–Trinajstić information content (AvgIpc) is 3.51. The largest absolute Gasteiger partial charge is 0.493 e. The Morgan fingerprint density at radius 1 is 0.886 bits per heavy atom. The normalized spacial score (nSPS) is 16.5. The highest BCUT2D eigenvalue weighted by molar-refractivity contribution is 7.21. The molecule has 0 bridgehead atoms. The standard InChI is InChI=1S/C31H29FO10S2/c1-14(30(35)36)7-19(33)25-9-15-8-21(20(39-2)12-23(15)43-25)41-5-4-6-42-29-22(40-3)13-24-18(27(29)32)11-26(44-24)28(34)16-10-17(16)31(37)38/h8-9,11-14,16-17H,4-7,10H2,1-3H3,(H,35,36)(H,37,38)/t14?,16-,17-/m1/s1. The number of halogens is 1. The van der Waals surface area contributed by atoms with Gasteiger partial charge in [-0.3, -0.25) is 19.2 Å². The van der Waals surface area contributed by atoms with E-state index >= 15 is 4.39 Å². The maximum atomic E-state index is 15.5. The summed E-state index contributed by atoms with van der Waals surface area (Å²) in [6.07, 6.45) is 0.556. The lowest BCUT2D eigenvalue weighted by molar-refractivity contribution is -0.141. The van der Waals surface area contributed by atoms with Crippen molar-refractivity contribution in [3.8, 4) is 23.0 Å². The average molecular weight is 645 g/mol. The van der Waals surface area contributed by atoms with Gasteiger partial charge >= 0.3 is 11.9 Å². The molecule has 0 aliphatic heterocycles. The quantitative estimate of drug-likeness (QED) is 0.111. The topological polar surface area (TPSA) is 146 Å². The number of Topliss-reactive ketones (excluding diaryl/α,β-unsaturated/α-hetero) is 2. The summed E-state index contributed by atoms with van der Waals surface area (Å²) < 4.78 is 39.2. The number of carboxylic acid groups (broad SMARTS) is 2. The van der Waals surface area contributed by atoms with Gasteiger partial charge in [-0.15, -0.1) is 22.7 Å². The van der Waals surface area contributed by atoms with Crippen LogP contribution in [0, 0.1) is 23.6 Å². The molecule has 4 aromatic rings. The third kappa shape index (κ3) is 6.34. The van der Waals surface area contributed by atoms with Gasteiger partial charge < -0.3 is 29.2 Å². The van der Waals surface area contributed by atoms with Crippen molar-refractivity contribution in [3.63, 3.8) is 0 Å². The Labute approximate surface area is 258 Å².